The smallest absolute Gasteiger partial charge is 0.244 e. The van der Waals surface area contributed by atoms with E-state index in [1.165, 1.54) is 19.3 Å². The highest BCUT2D eigenvalue weighted by atomic mass is 16.2. The van der Waals surface area contributed by atoms with Gasteiger partial charge in [-0.25, -0.2) is 0 Å². The van der Waals surface area contributed by atoms with Gasteiger partial charge in [0, 0.05) is 19.5 Å². The molecule has 4 fully saturated rings. The van der Waals surface area contributed by atoms with E-state index in [0.717, 1.165) is 37.0 Å². The van der Waals surface area contributed by atoms with Crippen LogP contribution in [0.3, 0.4) is 0 Å². The zero-order valence-corrected chi connectivity index (χ0v) is 12.8. The second-order valence-electron chi connectivity index (χ2n) is 7.63. The number of nitrogens with zero attached hydrogens (tertiary/aromatic N) is 1. The molecule has 0 aromatic rings. The van der Waals surface area contributed by atoms with Gasteiger partial charge in [0.2, 0.25) is 11.8 Å². The Morgan fingerprint density at radius 1 is 1.05 bits per heavy atom. The van der Waals surface area contributed by atoms with Crippen LogP contribution in [0.25, 0.3) is 0 Å². The van der Waals surface area contributed by atoms with Crippen LogP contribution in [0.5, 0.6) is 0 Å². The third-order valence-corrected chi connectivity index (χ3v) is 5.68. The van der Waals surface area contributed by atoms with Crippen molar-refractivity contribution in [3.8, 4) is 0 Å². The summed E-state index contributed by atoms with van der Waals surface area (Å²) < 4.78 is 0. The van der Waals surface area contributed by atoms with Crippen molar-refractivity contribution in [1.82, 2.24) is 10.2 Å². The Morgan fingerprint density at radius 2 is 1.50 bits per heavy atom. The molecule has 0 spiro atoms. The van der Waals surface area contributed by atoms with E-state index >= 15 is 0 Å². The fourth-order valence-electron chi connectivity index (χ4n) is 5.19. The highest BCUT2D eigenvalue weighted by Crippen LogP contribution is 2.60. The molecule has 20 heavy (non-hydrogen) atoms. The molecule has 4 saturated carbocycles. The molecule has 0 unspecified atom stereocenters. The molecule has 4 heteroatoms. The maximum absolute atomic E-state index is 12.8. The molecule has 4 nitrogen and oxygen atoms in total. The lowest BCUT2D eigenvalue weighted by atomic mass is 9.49. The van der Waals surface area contributed by atoms with E-state index < -0.39 is 6.04 Å². The normalized spacial score (nSPS) is 39.5. The number of nitrogens with one attached hydrogen (secondary N) is 1. The van der Waals surface area contributed by atoms with Crippen molar-refractivity contribution < 1.29 is 9.59 Å². The van der Waals surface area contributed by atoms with E-state index in [-0.39, 0.29) is 17.2 Å². The van der Waals surface area contributed by atoms with Crippen LogP contribution in [-0.2, 0) is 9.59 Å². The third kappa shape index (κ3) is 2.23. The SMILES string of the molecule is C[C@@H](NC(=O)C12CC3CC(CC(C3)C1)C2)C(=O)N(C)C. The quantitative estimate of drug-likeness (QED) is 0.855. The van der Waals surface area contributed by atoms with Gasteiger partial charge in [-0.15, -0.1) is 0 Å². The van der Waals surface area contributed by atoms with Crippen LogP contribution in [0.1, 0.15) is 45.4 Å². The van der Waals surface area contributed by atoms with E-state index in [9.17, 15) is 9.59 Å². The van der Waals surface area contributed by atoms with Gasteiger partial charge in [-0.2, -0.15) is 0 Å². The second kappa shape index (κ2) is 4.74. The monoisotopic (exact) mass is 278 g/mol. The van der Waals surface area contributed by atoms with Crippen LogP contribution in [0.2, 0.25) is 0 Å². The summed E-state index contributed by atoms with van der Waals surface area (Å²) in [4.78, 5) is 26.2. The summed E-state index contributed by atoms with van der Waals surface area (Å²) in [7, 11) is 3.46. The molecule has 112 valence electrons. The van der Waals surface area contributed by atoms with Gasteiger partial charge in [0.15, 0.2) is 0 Å². The first-order valence-electron chi connectivity index (χ1n) is 7.92. The van der Waals surface area contributed by atoms with Crippen LogP contribution >= 0.6 is 0 Å². The zero-order chi connectivity index (χ0) is 14.5. The van der Waals surface area contributed by atoms with Gasteiger partial charge >= 0.3 is 0 Å². The minimum absolute atomic E-state index is 0.0249. The van der Waals surface area contributed by atoms with E-state index in [1.54, 1.807) is 25.9 Å². The largest absolute Gasteiger partial charge is 0.347 e. The molecule has 0 heterocycles. The maximum Gasteiger partial charge on any atom is 0.244 e. The molecule has 0 saturated heterocycles. The van der Waals surface area contributed by atoms with Crippen LogP contribution in [0.4, 0.5) is 0 Å². The highest BCUT2D eigenvalue weighted by Gasteiger charge is 2.54. The second-order valence-corrected chi connectivity index (χ2v) is 7.63. The van der Waals surface area contributed by atoms with Crippen molar-refractivity contribution in [3.63, 3.8) is 0 Å². The molecule has 0 aromatic heterocycles. The maximum atomic E-state index is 12.8. The third-order valence-electron chi connectivity index (χ3n) is 5.68. The summed E-state index contributed by atoms with van der Waals surface area (Å²) >= 11 is 0. The predicted octanol–water partition coefficient (Wildman–Crippen LogP) is 1.80. The number of rotatable bonds is 3. The van der Waals surface area contributed by atoms with Crippen molar-refractivity contribution in [2.24, 2.45) is 23.2 Å². The lowest BCUT2D eigenvalue weighted by Crippen LogP contribution is -2.56. The van der Waals surface area contributed by atoms with E-state index in [1.807, 2.05) is 0 Å². The van der Waals surface area contributed by atoms with Gasteiger partial charge in [0.1, 0.15) is 6.04 Å². The summed E-state index contributed by atoms with van der Waals surface area (Å²) in [5.74, 6) is 2.38. The lowest BCUT2D eigenvalue weighted by Gasteiger charge is -2.55. The topological polar surface area (TPSA) is 49.4 Å². The Kier molecular flexibility index (Phi) is 3.30. The predicted molar refractivity (Wildman–Crippen MR) is 76.9 cm³/mol. The minimum atomic E-state index is -0.412. The first-order chi connectivity index (χ1) is 9.39. The highest BCUT2D eigenvalue weighted by molar-refractivity contribution is 5.90. The van der Waals surface area contributed by atoms with Crippen molar-refractivity contribution in [2.75, 3.05) is 14.1 Å². The van der Waals surface area contributed by atoms with Gasteiger partial charge in [-0.3, -0.25) is 9.59 Å². The average molecular weight is 278 g/mol. The van der Waals surface area contributed by atoms with Crippen LogP contribution in [0.15, 0.2) is 0 Å². The van der Waals surface area contributed by atoms with Gasteiger partial charge < -0.3 is 10.2 Å². The van der Waals surface area contributed by atoms with Gasteiger partial charge in [-0.05, 0) is 63.2 Å². The summed E-state index contributed by atoms with van der Waals surface area (Å²) in [6.45, 7) is 1.79. The summed E-state index contributed by atoms with van der Waals surface area (Å²) in [6, 6.07) is -0.412. The van der Waals surface area contributed by atoms with Crippen LogP contribution in [0, 0.1) is 23.2 Å². The molecule has 0 aromatic carbocycles. The molecule has 4 bridgehead atoms. The van der Waals surface area contributed by atoms with Gasteiger partial charge in [-0.1, -0.05) is 0 Å². The minimum Gasteiger partial charge on any atom is -0.347 e. The van der Waals surface area contributed by atoms with Crippen molar-refractivity contribution >= 4 is 11.8 Å². The zero-order valence-electron chi connectivity index (χ0n) is 12.8. The first-order valence-corrected chi connectivity index (χ1v) is 7.92. The number of likely N-dealkylation sites (N-methyl/N-ethyl adjacent to an activating group) is 1. The number of hydrogen-bond acceptors (Lipinski definition) is 2. The Labute approximate surface area is 121 Å². The fraction of sp³-hybridized carbons (Fsp3) is 0.875. The molecular weight excluding hydrogens is 252 g/mol. The average Bonchev–Trinajstić information content (AvgIpc) is 2.35. The van der Waals surface area contributed by atoms with E-state index in [4.69, 9.17) is 0 Å². The molecule has 4 rings (SSSR count). The van der Waals surface area contributed by atoms with Crippen molar-refractivity contribution in [1.29, 1.82) is 0 Å². The Hall–Kier alpha value is -1.06. The molecule has 0 radical (unpaired) electrons. The molecule has 0 aliphatic heterocycles. The fourth-order valence-corrected chi connectivity index (χ4v) is 5.19. The number of carbonyl (C=O) groups excluding carboxylic acids is 2. The molecule has 1 N–H and O–H groups in total. The van der Waals surface area contributed by atoms with Crippen molar-refractivity contribution in [3.05, 3.63) is 0 Å². The Bertz CT molecular complexity index is 395. The summed E-state index contributed by atoms with van der Waals surface area (Å²) in [5.41, 5.74) is -0.157. The molecule has 1 atom stereocenters. The molecular formula is C16H26N2O2. The first kappa shape index (κ1) is 13.9. The van der Waals surface area contributed by atoms with Crippen LogP contribution in [-0.4, -0.2) is 36.9 Å². The van der Waals surface area contributed by atoms with Crippen LogP contribution < -0.4 is 5.32 Å². The Morgan fingerprint density at radius 3 is 1.90 bits per heavy atom. The number of hydrogen-bond donors (Lipinski definition) is 1. The van der Waals surface area contributed by atoms with Crippen molar-refractivity contribution in [2.45, 2.75) is 51.5 Å². The number of amides is 2. The van der Waals surface area contributed by atoms with E-state index in [0.29, 0.717) is 0 Å². The number of carbonyl (C=O) groups is 2. The summed E-state index contributed by atoms with van der Waals surface area (Å²) in [6.07, 6.45) is 7.14. The van der Waals surface area contributed by atoms with E-state index in [2.05, 4.69) is 5.32 Å². The van der Waals surface area contributed by atoms with Gasteiger partial charge in [0.25, 0.3) is 0 Å². The lowest BCUT2D eigenvalue weighted by molar-refractivity contribution is -0.149. The van der Waals surface area contributed by atoms with Gasteiger partial charge in [0.05, 0.1) is 0 Å². The molecule has 4 aliphatic carbocycles. The molecule has 2 amide bonds. The summed E-state index contributed by atoms with van der Waals surface area (Å²) in [5, 5.41) is 2.99. The standard InChI is InChI=1S/C16H26N2O2/c1-10(14(19)18(2)3)17-15(20)16-7-11-4-12(8-16)6-13(5-11)9-16/h10-13H,4-9H2,1-3H3,(H,17,20)/t10-,11?,12?,13?,16?/m1/s1. The molecule has 4 aliphatic rings. The Balaban J connectivity index is 1.69.